The number of carbonyl (C=O) groups is 4. The molecule has 45 heavy (non-hydrogen) atoms. The highest BCUT2D eigenvalue weighted by atomic mass is 32.1. The van der Waals surface area contributed by atoms with Gasteiger partial charge in [-0.3, -0.25) is 24.2 Å². The number of aryl methyl sites for hydroxylation is 1. The number of esters is 1. The van der Waals surface area contributed by atoms with Crippen LogP contribution in [0.5, 0.6) is 0 Å². The second-order valence-electron chi connectivity index (χ2n) is 11.0. The first kappa shape index (κ1) is 31.3. The molecule has 3 N–H and O–H groups in total. The van der Waals surface area contributed by atoms with E-state index < -0.39 is 34.4 Å². The zero-order valence-corrected chi connectivity index (χ0v) is 25.8. The molecule has 0 spiro atoms. The summed E-state index contributed by atoms with van der Waals surface area (Å²) < 4.78 is 4.91. The molecule has 0 bridgehead atoms. The fourth-order valence-corrected chi connectivity index (χ4v) is 5.77. The second kappa shape index (κ2) is 13.3. The fraction of sp³-hybridized carbons (Fsp3) is 0.242. The molecular weight excluding hydrogens is 592 g/mol. The molecule has 0 saturated heterocycles. The molecule has 0 unspecified atom stereocenters. The van der Waals surface area contributed by atoms with Crippen LogP contribution in [0.4, 0.5) is 23.0 Å². The summed E-state index contributed by atoms with van der Waals surface area (Å²) in [6.45, 7) is 3.54. The van der Waals surface area contributed by atoms with Gasteiger partial charge in [-0.25, -0.2) is 9.97 Å². The normalized spacial score (nSPS) is 19.3. The third-order valence-corrected chi connectivity index (χ3v) is 8.74. The lowest BCUT2D eigenvalue weighted by molar-refractivity contribution is -0.155. The molecule has 5 rings (SSSR count). The summed E-state index contributed by atoms with van der Waals surface area (Å²) in [6.07, 6.45) is 5.40. The van der Waals surface area contributed by atoms with Crippen molar-refractivity contribution in [2.75, 3.05) is 23.1 Å². The van der Waals surface area contributed by atoms with E-state index in [1.54, 1.807) is 55.8 Å². The molecule has 4 aromatic rings. The average molecular weight is 625 g/mol. The Balaban J connectivity index is 1.24. The van der Waals surface area contributed by atoms with E-state index in [-0.39, 0.29) is 18.6 Å². The number of nitrogens with zero attached hydrogens (tertiary/aromatic N) is 3. The Kier molecular flexibility index (Phi) is 9.24. The molecule has 2 amide bonds. The Bertz CT molecular complexity index is 1770. The fourth-order valence-electron chi connectivity index (χ4n) is 5.23. The number of amides is 2. The molecular formula is C33H32N6O5S. The summed E-state index contributed by atoms with van der Waals surface area (Å²) in [5.74, 6) is -2.54. The highest BCUT2D eigenvalue weighted by Gasteiger charge is 2.52. The van der Waals surface area contributed by atoms with Gasteiger partial charge in [0.15, 0.2) is 0 Å². The number of carbonyl (C=O) groups excluding carboxylic acids is 4. The first-order valence-corrected chi connectivity index (χ1v) is 14.7. The van der Waals surface area contributed by atoms with Gasteiger partial charge in [-0.2, -0.15) is 12.6 Å². The van der Waals surface area contributed by atoms with E-state index in [0.717, 1.165) is 22.5 Å². The van der Waals surface area contributed by atoms with Gasteiger partial charge in [0.1, 0.15) is 11.7 Å². The molecule has 0 radical (unpaired) electrons. The molecule has 0 aliphatic heterocycles. The molecule has 230 valence electrons. The Hall–Kier alpha value is -5.10. The number of benzene rings is 2. The SMILES string of the molecule is COC(=O)[C@]1(C)CCC(=O)[C@@H](C(=O)Nc2cccc(C(=O)Nc3ccc(Nc4nccc(-c5cccnc5)n4)c(C)c3)c2)[C@@H]1S. The van der Waals surface area contributed by atoms with Crippen molar-refractivity contribution < 1.29 is 23.9 Å². The van der Waals surface area contributed by atoms with E-state index in [1.807, 2.05) is 31.2 Å². The third kappa shape index (κ3) is 6.86. The van der Waals surface area contributed by atoms with E-state index in [9.17, 15) is 19.2 Å². The number of pyridine rings is 1. The van der Waals surface area contributed by atoms with Crippen LogP contribution in [-0.4, -0.2) is 50.9 Å². The molecule has 11 nitrogen and oxygen atoms in total. The highest BCUT2D eigenvalue weighted by Crippen LogP contribution is 2.42. The summed E-state index contributed by atoms with van der Waals surface area (Å²) in [5, 5.41) is 7.94. The maximum Gasteiger partial charge on any atom is 0.312 e. The molecule has 1 aliphatic rings. The van der Waals surface area contributed by atoms with Crippen molar-refractivity contribution in [3.05, 3.63) is 90.4 Å². The molecule has 12 heteroatoms. The molecule has 3 atom stereocenters. The minimum absolute atomic E-state index is 0.0573. The van der Waals surface area contributed by atoms with Crippen molar-refractivity contribution >= 4 is 59.2 Å². The average Bonchev–Trinajstić information content (AvgIpc) is 3.04. The number of anilines is 4. The van der Waals surface area contributed by atoms with E-state index in [4.69, 9.17) is 4.74 Å². The molecule has 2 aromatic heterocycles. The largest absolute Gasteiger partial charge is 0.469 e. The number of methoxy groups -OCH3 is 1. The van der Waals surface area contributed by atoms with Gasteiger partial charge in [0, 0.05) is 58.5 Å². The van der Waals surface area contributed by atoms with Crippen molar-refractivity contribution in [3.8, 4) is 11.3 Å². The van der Waals surface area contributed by atoms with Gasteiger partial charge in [0.25, 0.3) is 5.91 Å². The van der Waals surface area contributed by atoms with Crippen LogP contribution in [0.2, 0.25) is 0 Å². The summed E-state index contributed by atoms with van der Waals surface area (Å²) >= 11 is 4.51. The van der Waals surface area contributed by atoms with Gasteiger partial charge in [0.05, 0.1) is 18.2 Å². The number of hydrogen-bond donors (Lipinski definition) is 4. The highest BCUT2D eigenvalue weighted by molar-refractivity contribution is 7.81. The second-order valence-corrected chi connectivity index (χ2v) is 11.5. The monoisotopic (exact) mass is 624 g/mol. The van der Waals surface area contributed by atoms with Crippen LogP contribution in [0.3, 0.4) is 0 Å². The van der Waals surface area contributed by atoms with Gasteiger partial charge < -0.3 is 20.7 Å². The van der Waals surface area contributed by atoms with E-state index in [1.165, 1.54) is 13.2 Å². The van der Waals surface area contributed by atoms with Crippen LogP contribution in [0.15, 0.2) is 79.3 Å². The standard InChI is InChI=1S/C33H32N6O5S/c1-19-16-23(9-10-24(19)38-32-35-15-12-25(39-32)21-7-5-14-34-18-21)36-29(41)20-6-4-8-22(17-20)37-30(42)27-26(40)11-13-33(2,28(27)45)31(43)44-3/h4-10,12,14-18,27-28,45H,11,13H2,1-3H3,(H,36,41)(H,37,42)(H,35,38,39)/t27-,28+,33-/m1/s1. The number of hydrogen-bond acceptors (Lipinski definition) is 10. The number of Topliss-reactive ketones (excluding diaryl/α,β-unsaturated/α-hetero) is 1. The summed E-state index contributed by atoms with van der Waals surface area (Å²) in [5.41, 5.74) is 3.32. The molecule has 1 fully saturated rings. The zero-order valence-electron chi connectivity index (χ0n) is 24.9. The number of thiol groups is 1. The summed E-state index contributed by atoms with van der Waals surface area (Å²) in [7, 11) is 1.27. The van der Waals surface area contributed by atoms with Gasteiger partial charge in [0.2, 0.25) is 11.9 Å². The van der Waals surface area contributed by atoms with Crippen LogP contribution in [-0.2, 0) is 19.1 Å². The number of nitrogens with one attached hydrogen (secondary N) is 3. The van der Waals surface area contributed by atoms with Crippen LogP contribution < -0.4 is 16.0 Å². The number of ketones is 1. The Morgan fingerprint density at radius 2 is 1.80 bits per heavy atom. The predicted molar refractivity (Wildman–Crippen MR) is 173 cm³/mol. The lowest BCUT2D eigenvalue weighted by atomic mass is 9.69. The van der Waals surface area contributed by atoms with Gasteiger partial charge in [-0.15, -0.1) is 0 Å². The number of ether oxygens (including phenoxy) is 1. The van der Waals surface area contributed by atoms with Crippen molar-refractivity contribution in [2.24, 2.45) is 11.3 Å². The zero-order chi connectivity index (χ0) is 32.1. The first-order chi connectivity index (χ1) is 21.6. The van der Waals surface area contributed by atoms with Crippen LogP contribution in [0.1, 0.15) is 35.7 Å². The lowest BCUT2D eigenvalue weighted by Gasteiger charge is -2.39. The van der Waals surface area contributed by atoms with Crippen LogP contribution in [0.25, 0.3) is 11.3 Å². The first-order valence-electron chi connectivity index (χ1n) is 14.2. The Labute approximate surface area is 265 Å². The summed E-state index contributed by atoms with van der Waals surface area (Å²) in [6, 6.07) is 17.3. The molecule has 1 saturated carbocycles. The van der Waals surface area contributed by atoms with Crippen LogP contribution >= 0.6 is 12.6 Å². The minimum atomic E-state index is -1.15. The van der Waals surface area contributed by atoms with Crippen molar-refractivity contribution in [1.29, 1.82) is 0 Å². The molecule has 2 aromatic carbocycles. The molecule has 2 heterocycles. The molecule has 1 aliphatic carbocycles. The van der Waals surface area contributed by atoms with Crippen molar-refractivity contribution in [2.45, 2.75) is 31.9 Å². The topological polar surface area (TPSA) is 152 Å². The van der Waals surface area contributed by atoms with E-state index in [2.05, 4.69) is 43.5 Å². The number of rotatable bonds is 8. The number of aromatic nitrogens is 3. The van der Waals surface area contributed by atoms with E-state index in [0.29, 0.717) is 22.9 Å². The van der Waals surface area contributed by atoms with Gasteiger partial charge in [-0.1, -0.05) is 6.07 Å². The maximum absolute atomic E-state index is 13.2. The minimum Gasteiger partial charge on any atom is -0.469 e. The Morgan fingerprint density at radius 3 is 2.53 bits per heavy atom. The summed E-state index contributed by atoms with van der Waals surface area (Å²) in [4.78, 5) is 64.5. The van der Waals surface area contributed by atoms with Gasteiger partial charge >= 0.3 is 5.97 Å². The van der Waals surface area contributed by atoms with Gasteiger partial charge in [-0.05, 0) is 80.4 Å². The Morgan fingerprint density at radius 1 is 1.00 bits per heavy atom. The predicted octanol–water partition coefficient (Wildman–Crippen LogP) is 5.24. The lowest BCUT2D eigenvalue weighted by Crippen LogP contribution is -2.52. The maximum atomic E-state index is 13.2. The third-order valence-electron chi connectivity index (χ3n) is 7.88. The quantitative estimate of drug-likeness (QED) is 0.117. The van der Waals surface area contributed by atoms with Crippen LogP contribution in [0, 0.1) is 18.3 Å². The van der Waals surface area contributed by atoms with Crippen molar-refractivity contribution in [3.63, 3.8) is 0 Å². The smallest absolute Gasteiger partial charge is 0.312 e. The van der Waals surface area contributed by atoms with Crippen molar-refractivity contribution in [1.82, 2.24) is 15.0 Å². The van der Waals surface area contributed by atoms with E-state index >= 15 is 0 Å².